The predicted molar refractivity (Wildman–Crippen MR) is 106 cm³/mol. The summed E-state index contributed by atoms with van der Waals surface area (Å²) in [6, 6.07) is 21.2. The number of hydrogen-bond acceptors (Lipinski definition) is 3. The quantitative estimate of drug-likeness (QED) is 0.619. The zero-order valence-electron chi connectivity index (χ0n) is 15.1. The summed E-state index contributed by atoms with van der Waals surface area (Å²) in [6.07, 6.45) is 0. The number of nitrogens with one attached hydrogen (secondary N) is 1. The monoisotopic (exact) mass is 362 g/mol. The highest BCUT2D eigenvalue weighted by Gasteiger charge is 2.17. The standard InChI is InChI=1S/C22H22N2O3/c1-16-6-5-7-18(21(16)26)15-24(14-17-10-12-20(25)13-11-17)22(27)23-19-8-3-2-4-9-19/h2-13,25-26H,14-15H2,1H3,(H,23,27). The van der Waals surface area contributed by atoms with Crippen LogP contribution in [0.1, 0.15) is 16.7 Å². The molecule has 27 heavy (non-hydrogen) atoms. The summed E-state index contributed by atoms with van der Waals surface area (Å²) in [5.41, 5.74) is 3.02. The molecular formula is C22H22N2O3. The molecule has 138 valence electrons. The Morgan fingerprint density at radius 3 is 2.30 bits per heavy atom. The number of carbonyl (C=O) groups is 1. The molecular weight excluding hydrogens is 340 g/mol. The Kier molecular flexibility index (Phi) is 5.61. The van der Waals surface area contributed by atoms with Crippen molar-refractivity contribution >= 4 is 11.7 Å². The molecule has 0 aliphatic heterocycles. The van der Waals surface area contributed by atoms with E-state index in [9.17, 15) is 15.0 Å². The Labute approximate surface area is 158 Å². The van der Waals surface area contributed by atoms with E-state index in [4.69, 9.17) is 0 Å². The van der Waals surface area contributed by atoms with Gasteiger partial charge in [0.05, 0.1) is 6.54 Å². The summed E-state index contributed by atoms with van der Waals surface area (Å²) in [7, 11) is 0. The number of rotatable bonds is 5. The van der Waals surface area contributed by atoms with Gasteiger partial charge in [0, 0.05) is 17.8 Å². The number of amides is 2. The van der Waals surface area contributed by atoms with E-state index in [2.05, 4.69) is 5.32 Å². The molecule has 5 heteroatoms. The topological polar surface area (TPSA) is 72.8 Å². The average Bonchev–Trinajstić information content (AvgIpc) is 2.67. The van der Waals surface area contributed by atoms with Gasteiger partial charge in [-0.05, 0) is 42.3 Å². The number of phenols is 2. The maximum atomic E-state index is 12.9. The molecule has 2 amide bonds. The van der Waals surface area contributed by atoms with Crippen molar-refractivity contribution < 1.29 is 15.0 Å². The normalized spacial score (nSPS) is 10.4. The van der Waals surface area contributed by atoms with Crippen molar-refractivity contribution in [2.45, 2.75) is 20.0 Å². The molecule has 0 aromatic heterocycles. The predicted octanol–water partition coefficient (Wildman–Crippen LogP) is 4.64. The van der Waals surface area contributed by atoms with Crippen molar-refractivity contribution in [3.05, 3.63) is 89.5 Å². The molecule has 0 aliphatic rings. The van der Waals surface area contributed by atoms with Crippen molar-refractivity contribution in [3.63, 3.8) is 0 Å². The van der Waals surface area contributed by atoms with E-state index < -0.39 is 0 Å². The van der Waals surface area contributed by atoms with Crippen molar-refractivity contribution in [2.24, 2.45) is 0 Å². The average molecular weight is 362 g/mol. The first-order valence-corrected chi connectivity index (χ1v) is 8.69. The number of anilines is 1. The molecule has 0 radical (unpaired) electrons. The largest absolute Gasteiger partial charge is 0.508 e. The van der Waals surface area contributed by atoms with E-state index in [0.717, 1.165) is 11.1 Å². The van der Waals surface area contributed by atoms with Gasteiger partial charge < -0.3 is 20.4 Å². The number of phenolic OH excluding ortho intramolecular Hbond substituents is 2. The van der Waals surface area contributed by atoms with Gasteiger partial charge in [-0.1, -0.05) is 48.5 Å². The first-order chi connectivity index (χ1) is 13.0. The lowest BCUT2D eigenvalue weighted by atomic mass is 10.1. The molecule has 0 spiro atoms. The first-order valence-electron chi connectivity index (χ1n) is 8.69. The van der Waals surface area contributed by atoms with Crippen LogP contribution in [0.2, 0.25) is 0 Å². The molecule has 3 aromatic carbocycles. The Morgan fingerprint density at radius 2 is 1.59 bits per heavy atom. The van der Waals surface area contributed by atoms with Crippen molar-refractivity contribution in [1.29, 1.82) is 0 Å². The number of urea groups is 1. The van der Waals surface area contributed by atoms with Crippen LogP contribution in [0.15, 0.2) is 72.8 Å². The summed E-state index contributed by atoms with van der Waals surface area (Å²) in [5.74, 6) is 0.371. The first kappa shape index (κ1) is 18.3. The summed E-state index contributed by atoms with van der Waals surface area (Å²) < 4.78 is 0. The fraction of sp³-hybridized carbons (Fsp3) is 0.136. The minimum Gasteiger partial charge on any atom is -0.508 e. The summed E-state index contributed by atoms with van der Waals surface area (Å²) in [4.78, 5) is 14.5. The van der Waals surface area contributed by atoms with Crippen LogP contribution in [0.4, 0.5) is 10.5 Å². The van der Waals surface area contributed by atoms with Crippen LogP contribution >= 0.6 is 0 Å². The molecule has 0 heterocycles. The van der Waals surface area contributed by atoms with Gasteiger partial charge in [-0.15, -0.1) is 0 Å². The number of nitrogens with zero attached hydrogens (tertiary/aromatic N) is 1. The second-order valence-electron chi connectivity index (χ2n) is 6.40. The zero-order chi connectivity index (χ0) is 19.2. The summed E-state index contributed by atoms with van der Waals surface area (Å²) in [5, 5.41) is 22.7. The maximum Gasteiger partial charge on any atom is 0.322 e. The lowest BCUT2D eigenvalue weighted by Gasteiger charge is -2.24. The van der Waals surface area contributed by atoms with E-state index in [-0.39, 0.29) is 24.1 Å². The lowest BCUT2D eigenvalue weighted by molar-refractivity contribution is 0.206. The molecule has 0 fully saturated rings. The minimum absolute atomic E-state index is 0.176. The molecule has 0 unspecified atom stereocenters. The fourth-order valence-corrected chi connectivity index (χ4v) is 2.80. The summed E-state index contributed by atoms with van der Waals surface area (Å²) in [6.45, 7) is 2.42. The zero-order valence-corrected chi connectivity index (χ0v) is 15.1. The molecule has 0 bridgehead atoms. The molecule has 3 N–H and O–H groups in total. The number of para-hydroxylation sites is 2. The van der Waals surface area contributed by atoms with Crippen LogP contribution in [-0.4, -0.2) is 21.1 Å². The van der Waals surface area contributed by atoms with Crippen molar-refractivity contribution in [3.8, 4) is 11.5 Å². The smallest absolute Gasteiger partial charge is 0.322 e. The number of aromatic hydroxyl groups is 2. The van der Waals surface area contributed by atoms with Gasteiger partial charge >= 0.3 is 6.03 Å². The van der Waals surface area contributed by atoms with Crippen LogP contribution in [0.3, 0.4) is 0 Å². The number of aryl methyl sites for hydroxylation is 1. The Balaban J connectivity index is 1.84. The number of hydrogen-bond donors (Lipinski definition) is 3. The van der Waals surface area contributed by atoms with E-state index in [1.165, 1.54) is 0 Å². The van der Waals surface area contributed by atoms with Gasteiger partial charge in [-0.2, -0.15) is 0 Å². The third kappa shape index (κ3) is 4.79. The highest BCUT2D eigenvalue weighted by molar-refractivity contribution is 5.89. The van der Waals surface area contributed by atoms with Gasteiger partial charge in [0.1, 0.15) is 11.5 Å². The van der Waals surface area contributed by atoms with Crippen LogP contribution in [0, 0.1) is 6.92 Å². The Morgan fingerprint density at radius 1 is 0.889 bits per heavy atom. The highest BCUT2D eigenvalue weighted by atomic mass is 16.3. The van der Waals surface area contributed by atoms with Crippen LogP contribution in [-0.2, 0) is 13.1 Å². The third-order valence-corrected chi connectivity index (χ3v) is 4.30. The lowest BCUT2D eigenvalue weighted by Crippen LogP contribution is -2.34. The van der Waals surface area contributed by atoms with E-state index in [1.54, 1.807) is 29.2 Å². The van der Waals surface area contributed by atoms with Crippen LogP contribution < -0.4 is 5.32 Å². The maximum absolute atomic E-state index is 12.9. The number of carbonyl (C=O) groups excluding carboxylic acids is 1. The van der Waals surface area contributed by atoms with E-state index in [0.29, 0.717) is 17.8 Å². The van der Waals surface area contributed by atoms with Gasteiger partial charge in [0.15, 0.2) is 0 Å². The summed E-state index contributed by atoms with van der Waals surface area (Å²) >= 11 is 0. The van der Waals surface area contributed by atoms with Gasteiger partial charge in [-0.25, -0.2) is 4.79 Å². The van der Waals surface area contributed by atoms with E-state index >= 15 is 0 Å². The SMILES string of the molecule is Cc1cccc(CN(Cc2ccc(O)cc2)C(=O)Nc2ccccc2)c1O. The van der Waals surface area contributed by atoms with Crippen molar-refractivity contribution in [2.75, 3.05) is 5.32 Å². The minimum atomic E-state index is -0.268. The molecule has 0 atom stereocenters. The van der Waals surface area contributed by atoms with Crippen molar-refractivity contribution in [1.82, 2.24) is 4.90 Å². The molecule has 5 nitrogen and oxygen atoms in total. The third-order valence-electron chi connectivity index (χ3n) is 4.30. The molecule has 3 aromatic rings. The van der Waals surface area contributed by atoms with Crippen LogP contribution in [0.25, 0.3) is 0 Å². The Bertz CT molecular complexity index is 909. The van der Waals surface area contributed by atoms with Crippen LogP contribution in [0.5, 0.6) is 11.5 Å². The van der Waals surface area contributed by atoms with Gasteiger partial charge in [0.25, 0.3) is 0 Å². The molecule has 0 saturated heterocycles. The molecule has 0 aliphatic carbocycles. The Hall–Kier alpha value is -3.47. The second kappa shape index (κ2) is 8.27. The fourth-order valence-electron chi connectivity index (χ4n) is 2.80. The molecule has 0 saturated carbocycles. The molecule has 3 rings (SSSR count). The van der Waals surface area contributed by atoms with Gasteiger partial charge in [-0.3, -0.25) is 0 Å². The number of benzene rings is 3. The van der Waals surface area contributed by atoms with E-state index in [1.807, 2.05) is 55.5 Å². The van der Waals surface area contributed by atoms with Gasteiger partial charge in [0.2, 0.25) is 0 Å². The second-order valence-corrected chi connectivity index (χ2v) is 6.40. The highest BCUT2D eigenvalue weighted by Crippen LogP contribution is 2.24.